The van der Waals surface area contributed by atoms with Gasteiger partial charge in [0.25, 0.3) is 5.91 Å². The Labute approximate surface area is 136 Å². The van der Waals surface area contributed by atoms with Crippen LogP contribution < -0.4 is 14.8 Å². The van der Waals surface area contributed by atoms with Crippen LogP contribution in [0, 0.1) is 0 Å². The van der Waals surface area contributed by atoms with Crippen LogP contribution in [0.5, 0.6) is 11.5 Å². The molecule has 7 heteroatoms. The predicted molar refractivity (Wildman–Crippen MR) is 85.1 cm³/mol. The smallest absolute Gasteiger partial charge is 0.253 e. The average molecular weight is 346 g/mol. The molecule has 2 aromatic rings. The summed E-state index contributed by atoms with van der Waals surface area (Å²) in [4.78, 5) is 12.1. The summed E-state index contributed by atoms with van der Waals surface area (Å²) in [5, 5.41) is 2.79. The van der Waals surface area contributed by atoms with Gasteiger partial charge >= 0.3 is 0 Å². The Morgan fingerprint density at radius 3 is 2.57 bits per heavy atom. The predicted octanol–water partition coefficient (Wildman–Crippen LogP) is 4.00. The van der Waals surface area contributed by atoms with E-state index in [4.69, 9.17) is 32.7 Å². The molecule has 21 heavy (non-hydrogen) atoms. The first-order valence-corrected chi connectivity index (χ1v) is 7.56. The van der Waals surface area contributed by atoms with E-state index in [0.717, 1.165) is 16.9 Å². The Balaban J connectivity index is 2.09. The molecule has 4 nitrogen and oxygen atoms in total. The minimum atomic E-state index is -0.277. The fraction of sp³-hybridized carbons (Fsp3) is 0.214. The highest BCUT2D eigenvalue weighted by Crippen LogP contribution is 2.31. The summed E-state index contributed by atoms with van der Waals surface area (Å²) >= 11 is 12.9. The molecular formula is C14H13Cl2NO3S. The third kappa shape index (κ3) is 3.81. The van der Waals surface area contributed by atoms with Crippen LogP contribution >= 0.6 is 34.5 Å². The molecule has 0 aliphatic heterocycles. The molecule has 1 aromatic heterocycles. The number of carbonyl (C=O) groups excluding carboxylic acids is 1. The molecular weight excluding hydrogens is 333 g/mol. The van der Waals surface area contributed by atoms with E-state index in [2.05, 4.69) is 5.32 Å². The second-order valence-corrected chi connectivity index (χ2v) is 6.38. The third-order valence-corrected chi connectivity index (χ3v) is 4.32. The van der Waals surface area contributed by atoms with Crippen molar-refractivity contribution in [2.75, 3.05) is 14.2 Å². The average Bonchev–Trinajstić information content (AvgIpc) is 2.83. The number of hydrogen-bond acceptors (Lipinski definition) is 4. The number of ether oxygens (including phenoxy) is 2. The summed E-state index contributed by atoms with van der Waals surface area (Å²) < 4.78 is 11.3. The normalized spacial score (nSPS) is 10.3. The molecule has 0 saturated carbocycles. The lowest BCUT2D eigenvalue weighted by molar-refractivity contribution is 0.0951. The Bertz CT molecular complexity index is 658. The fourth-order valence-electron chi connectivity index (χ4n) is 1.76. The van der Waals surface area contributed by atoms with Crippen molar-refractivity contribution >= 4 is 40.4 Å². The minimum Gasteiger partial charge on any atom is -0.497 e. The van der Waals surface area contributed by atoms with Gasteiger partial charge in [0.05, 0.1) is 24.1 Å². The second-order valence-electron chi connectivity index (χ2n) is 4.10. The molecule has 1 N–H and O–H groups in total. The molecule has 0 bridgehead atoms. The van der Waals surface area contributed by atoms with Crippen molar-refractivity contribution in [1.29, 1.82) is 0 Å². The van der Waals surface area contributed by atoms with Crippen LogP contribution in [0.2, 0.25) is 8.67 Å². The maximum atomic E-state index is 12.1. The number of benzene rings is 1. The first-order valence-electron chi connectivity index (χ1n) is 5.99. The van der Waals surface area contributed by atoms with E-state index >= 15 is 0 Å². The Hall–Kier alpha value is -1.43. The van der Waals surface area contributed by atoms with Crippen molar-refractivity contribution in [3.05, 3.63) is 44.1 Å². The van der Waals surface area contributed by atoms with E-state index in [0.29, 0.717) is 32.3 Å². The van der Waals surface area contributed by atoms with Crippen LogP contribution in [-0.2, 0) is 6.54 Å². The largest absolute Gasteiger partial charge is 0.497 e. The lowest BCUT2D eigenvalue weighted by Crippen LogP contribution is -2.22. The standard InChI is InChI=1S/C14H13Cl2NO3S/c1-19-9-4-3-8(11(5-9)20-2)7-17-14(18)10-6-12(15)21-13(10)16/h3-6H,7H2,1-2H3,(H,17,18). The van der Waals surface area contributed by atoms with E-state index in [1.807, 2.05) is 6.07 Å². The molecule has 0 atom stereocenters. The SMILES string of the molecule is COc1ccc(CNC(=O)c2cc(Cl)sc2Cl)c(OC)c1. The lowest BCUT2D eigenvalue weighted by Gasteiger charge is -2.11. The summed E-state index contributed by atoms with van der Waals surface area (Å²) in [6.07, 6.45) is 0. The Kier molecular flexibility index (Phi) is 5.33. The number of thiophene rings is 1. The highest BCUT2D eigenvalue weighted by atomic mass is 35.5. The summed E-state index contributed by atoms with van der Waals surface area (Å²) in [7, 11) is 3.15. The van der Waals surface area contributed by atoms with Gasteiger partial charge in [0.1, 0.15) is 15.8 Å². The van der Waals surface area contributed by atoms with Gasteiger partial charge in [-0.2, -0.15) is 0 Å². The van der Waals surface area contributed by atoms with Crippen molar-refractivity contribution < 1.29 is 14.3 Å². The van der Waals surface area contributed by atoms with Crippen molar-refractivity contribution in [2.24, 2.45) is 0 Å². The quantitative estimate of drug-likeness (QED) is 0.890. The number of methoxy groups -OCH3 is 2. The van der Waals surface area contributed by atoms with Gasteiger partial charge in [-0.05, 0) is 18.2 Å². The van der Waals surface area contributed by atoms with Crippen LogP contribution in [0.25, 0.3) is 0 Å². The van der Waals surface area contributed by atoms with Crippen LogP contribution in [0.15, 0.2) is 24.3 Å². The highest BCUT2D eigenvalue weighted by Gasteiger charge is 2.14. The number of amides is 1. The van der Waals surface area contributed by atoms with Gasteiger partial charge in [-0.1, -0.05) is 23.2 Å². The molecule has 2 rings (SSSR count). The van der Waals surface area contributed by atoms with Crippen molar-refractivity contribution in [2.45, 2.75) is 6.54 Å². The molecule has 0 spiro atoms. The van der Waals surface area contributed by atoms with Gasteiger partial charge in [-0.3, -0.25) is 4.79 Å². The third-order valence-electron chi connectivity index (χ3n) is 2.83. The molecule has 0 unspecified atom stereocenters. The first-order chi connectivity index (χ1) is 10.0. The molecule has 1 aromatic carbocycles. The zero-order valence-electron chi connectivity index (χ0n) is 11.4. The number of halogens is 2. The molecule has 112 valence electrons. The maximum absolute atomic E-state index is 12.1. The lowest BCUT2D eigenvalue weighted by atomic mass is 10.2. The Morgan fingerprint density at radius 1 is 1.24 bits per heavy atom. The summed E-state index contributed by atoms with van der Waals surface area (Å²) in [5.41, 5.74) is 1.21. The van der Waals surface area contributed by atoms with Crippen molar-refractivity contribution in [3.8, 4) is 11.5 Å². The van der Waals surface area contributed by atoms with Gasteiger partial charge in [0.2, 0.25) is 0 Å². The minimum absolute atomic E-state index is 0.277. The van der Waals surface area contributed by atoms with Gasteiger partial charge < -0.3 is 14.8 Å². The topological polar surface area (TPSA) is 47.6 Å². The van der Waals surface area contributed by atoms with E-state index < -0.39 is 0 Å². The molecule has 0 saturated heterocycles. The number of hydrogen-bond donors (Lipinski definition) is 1. The number of rotatable bonds is 5. The van der Waals surface area contributed by atoms with E-state index in [1.54, 1.807) is 32.4 Å². The number of carbonyl (C=O) groups is 1. The molecule has 0 fully saturated rings. The van der Waals surface area contributed by atoms with Crippen LogP contribution in [0.3, 0.4) is 0 Å². The number of nitrogens with one attached hydrogen (secondary N) is 1. The highest BCUT2D eigenvalue weighted by molar-refractivity contribution is 7.20. The monoisotopic (exact) mass is 345 g/mol. The molecule has 0 aliphatic rings. The van der Waals surface area contributed by atoms with Crippen LogP contribution in [0.4, 0.5) is 0 Å². The molecule has 1 amide bonds. The summed E-state index contributed by atoms with van der Waals surface area (Å²) in [6.45, 7) is 0.315. The van der Waals surface area contributed by atoms with E-state index in [-0.39, 0.29) is 5.91 Å². The van der Waals surface area contributed by atoms with Gasteiger partial charge in [0, 0.05) is 18.2 Å². The van der Waals surface area contributed by atoms with Crippen molar-refractivity contribution in [3.63, 3.8) is 0 Å². The van der Waals surface area contributed by atoms with Crippen molar-refractivity contribution in [1.82, 2.24) is 5.32 Å². The van der Waals surface area contributed by atoms with E-state index in [9.17, 15) is 4.79 Å². The molecule has 0 radical (unpaired) electrons. The van der Waals surface area contributed by atoms with E-state index in [1.165, 1.54) is 0 Å². The molecule has 0 aliphatic carbocycles. The van der Waals surface area contributed by atoms with Crippen LogP contribution in [0.1, 0.15) is 15.9 Å². The summed E-state index contributed by atoms with van der Waals surface area (Å²) in [5.74, 6) is 1.06. The Morgan fingerprint density at radius 2 is 2.00 bits per heavy atom. The first kappa shape index (κ1) is 15.9. The fourth-order valence-corrected chi connectivity index (χ4v) is 3.22. The zero-order valence-corrected chi connectivity index (χ0v) is 13.7. The maximum Gasteiger partial charge on any atom is 0.253 e. The molecule has 1 heterocycles. The van der Waals surface area contributed by atoms with Gasteiger partial charge in [0.15, 0.2) is 0 Å². The second kappa shape index (κ2) is 7.02. The van der Waals surface area contributed by atoms with Gasteiger partial charge in [-0.25, -0.2) is 0 Å². The van der Waals surface area contributed by atoms with Gasteiger partial charge in [-0.15, -0.1) is 11.3 Å². The summed E-state index contributed by atoms with van der Waals surface area (Å²) in [6, 6.07) is 6.95. The van der Waals surface area contributed by atoms with Crippen LogP contribution in [-0.4, -0.2) is 20.1 Å². The zero-order chi connectivity index (χ0) is 15.4.